The molecule has 7 heteroatoms. The molecule has 3 rings (SSSR count). The van der Waals surface area contributed by atoms with E-state index in [1.807, 2.05) is 23.6 Å². The Kier molecular flexibility index (Phi) is 3.21. The van der Waals surface area contributed by atoms with Gasteiger partial charge < -0.3 is 15.1 Å². The zero-order chi connectivity index (χ0) is 14.1. The molecule has 0 bridgehead atoms. The number of aromatic nitrogens is 1. The maximum atomic E-state index is 11.9. The number of hydrogen-bond donors (Lipinski definition) is 2. The molecule has 3 aromatic rings. The molecule has 3 heterocycles. The number of nitrogens with zero attached hydrogens (tertiary/aromatic N) is 1. The lowest BCUT2D eigenvalue weighted by atomic mass is 10.4. The highest BCUT2D eigenvalue weighted by Gasteiger charge is 2.16. The van der Waals surface area contributed by atoms with Crippen molar-refractivity contribution in [2.24, 2.45) is 0 Å². The molecule has 0 saturated heterocycles. The van der Waals surface area contributed by atoms with Crippen LogP contribution in [0.4, 0.5) is 0 Å². The van der Waals surface area contributed by atoms with Crippen molar-refractivity contribution in [3.63, 3.8) is 0 Å². The van der Waals surface area contributed by atoms with Crippen molar-refractivity contribution in [3.05, 3.63) is 46.7 Å². The van der Waals surface area contributed by atoms with Crippen molar-refractivity contribution in [1.29, 1.82) is 0 Å². The van der Waals surface area contributed by atoms with Crippen LogP contribution in [0.2, 0.25) is 0 Å². The quantitative estimate of drug-likeness (QED) is 0.780. The Balaban J connectivity index is 1.82. The fourth-order valence-corrected chi connectivity index (χ4v) is 3.33. The van der Waals surface area contributed by atoms with Crippen LogP contribution in [0, 0.1) is 0 Å². The molecule has 0 aromatic carbocycles. The SMILES string of the molecule is O=C(On1c(O)ccc1O)c1ccc(-c2cccs2)s1. The standard InChI is InChI=1S/C13H9NO4S2/c15-11-5-6-12(16)14(11)18-13(17)10-4-3-9(20-10)8-2-1-7-19-8/h1-7,15-16H. The number of thiophene rings is 2. The van der Waals surface area contributed by atoms with Crippen LogP contribution in [0.5, 0.6) is 11.8 Å². The molecular formula is C13H9NO4S2. The van der Waals surface area contributed by atoms with E-state index in [4.69, 9.17) is 4.84 Å². The van der Waals surface area contributed by atoms with Crippen LogP contribution in [0.25, 0.3) is 9.75 Å². The fourth-order valence-electron chi connectivity index (χ4n) is 1.62. The summed E-state index contributed by atoms with van der Waals surface area (Å²) in [5.74, 6) is -1.32. The van der Waals surface area contributed by atoms with Gasteiger partial charge in [-0.1, -0.05) is 6.07 Å². The van der Waals surface area contributed by atoms with E-state index in [1.54, 1.807) is 17.4 Å². The zero-order valence-electron chi connectivity index (χ0n) is 10.0. The minimum absolute atomic E-state index is 0.342. The summed E-state index contributed by atoms with van der Waals surface area (Å²) in [4.78, 5) is 19.3. The van der Waals surface area contributed by atoms with Gasteiger partial charge in [-0.15, -0.1) is 27.4 Å². The highest BCUT2D eigenvalue weighted by atomic mass is 32.1. The van der Waals surface area contributed by atoms with Crippen molar-refractivity contribution in [2.75, 3.05) is 0 Å². The number of rotatable bonds is 3. The molecule has 0 atom stereocenters. The molecule has 0 fully saturated rings. The average molecular weight is 307 g/mol. The smallest absolute Gasteiger partial charge is 0.373 e. The van der Waals surface area contributed by atoms with E-state index in [9.17, 15) is 15.0 Å². The summed E-state index contributed by atoms with van der Waals surface area (Å²) >= 11 is 2.88. The lowest BCUT2D eigenvalue weighted by molar-refractivity contribution is 0.0387. The van der Waals surface area contributed by atoms with E-state index in [1.165, 1.54) is 23.5 Å². The van der Waals surface area contributed by atoms with Gasteiger partial charge in [0.05, 0.1) is 0 Å². The molecule has 0 aliphatic rings. The highest BCUT2D eigenvalue weighted by Crippen LogP contribution is 2.31. The van der Waals surface area contributed by atoms with Gasteiger partial charge in [0.15, 0.2) is 0 Å². The summed E-state index contributed by atoms with van der Waals surface area (Å²) in [6.45, 7) is 0. The molecule has 2 N–H and O–H groups in total. The van der Waals surface area contributed by atoms with Crippen molar-refractivity contribution in [3.8, 4) is 21.5 Å². The summed E-state index contributed by atoms with van der Waals surface area (Å²) in [5.41, 5.74) is 0. The molecule has 3 aromatic heterocycles. The Morgan fingerprint density at radius 2 is 1.80 bits per heavy atom. The first-order chi connectivity index (χ1) is 9.65. The van der Waals surface area contributed by atoms with Gasteiger partial charge in [-0.2, -0.15) is 0 Å². The maximum absolute atomic E-state index is 11.9. The molecule has 20 heavy (non-hydrogen) atoms. The Morgan fingerprint density at radius 1 is 1.05 bits per heavy atom. The predicted octanol–water partition coefficient (Wildman–Crippen LogP) is 2.96. The summed E-state index contributed by atoms with van der Waals surface area (Å²) in [7, 11) is 0. The van der Waals surface area contributed by atoms with Crippen LogP contribution < -0.4 is 4.84 Å². The normalized spacial score (nSPS) is 10.6. The third kappa shape index (κ3) is 2.28. The minimum atomic E-state index is -0.639. The first kappa shape index (κ1) is 12.8. The molecule has 0 spiro atoms. The molecule has 0 amide bonds. The van der Waals surface area contributed by atoms with Crippen molar-refractivity contribution >= 4 is 28.6 Å². The predicted molar refractivity (Wildman–Crippen MR) is 76.3 cm³/mol. The van der Waals surface area contributed by atoms with Gasteiger partial charge in [0, 0.05) is 21.9 Å². The summed E-state index contributed by atoms with van der Waals surface area (Å²) < 4.78 is 0.673. The number of hydrogen-bond acceptors (Lipinski definition) is 6. The average Bonchev–Trinajstić information content (AvgIpc) is 3.14. The van der Waals surface area contributed by atoms with Crippen LogP contribution in [-0.4, -0.2) is 20.9 Å². The van der Waals surface area contributed by atoms with Crippen molar-refractivity contribution < 1.29 is 19.8 Å². The first-order valence-electron chi connectivity index (χ1n) is 5.61. The topological polar surface area (TPSA) is 71.7 Å². The van der Waals surface area contributed by atoms with Gasteiger partial charge in [-0.05, 0) is 23.6 Å². The lowest BCUT2D eigenvalue weighted by Gasteiger charge is -2.04. The second kappa shape index (κ2) is 5.03. The van der Waals surface area contributed by atoms with E-state index in [0.29, 0.717) is 9.61 Å². The molecule has 0 aliphatic carbocycles. The Labute approximate surface area is 121 Å². The van der Waals surface area contributed by atoms with Crippen molar-refractivity contribution in [2.45, 2.75) is 0 Å². The van der Waals surface area contributed by atoms with E-state index in [-0.39, 0.29) is 11.8 Å². The second-order valence-electron chi connectivity index (χ2n) is 3.86. The minimum Gasteiger partial charge on any atom is -0.492 e. The van der Waals surface area contributed by atoms with E-state index in [2.05, 4.69) is 0 Å². The zero-order valence-corrected chi connectivity index (χ0v) is 11.6. The van der Waals surface area contributed by atoms with Crippen molar-refractivity contribution in [1.82, 2.24) is 4.73 Å². The highest BCUT2D eigenvalue weighted by molar-refractivity contribution is 7.22. The Hall–Kier alpha value is -2.25. The van der Waals surface area contributed by atoms with Crippen LogP contribution in [0.15, 0.2) is 41.8 Å². The monoisotopic (exact) mass is 307 g/mol. The van der Waals surface area contributed by atoms with Gasteiger partial charge in [0.25, 0.3) is 0 Å². The molecule has 102 valence electrons. The molecule has 0 saturated carbocycles. The molecule has 0 radical (unpaired) electrons. The third-order valence-corrected chi connectivity index (χ3v) is 4.67. The molecule has 5 nitrogen and oxygen atoms in total. The second-order valence-corrected chi connectivity index (χ2v) is 5.90. The van der Waals surface area contributed by atoms with E-state index < -0.39 is 5.97 Å². The number of carbonyl (C=O) groups is 1. The summed E-state index contributed by atoms with van der Waals surface area (Å²) in [6.07, 6.45) is 0. The van der Waals surface area contributed by atoms with Gasteiger partial charge in [-0.3, -0.25) is 0 Å². The van der Waals surface area contributed by atoms with Crippen LogP contribution in [0.3, 0.4) is 0 Å². The van der Waals surface area contributed by atoms with Crippen LogP contribution >= 0.6 is 22.7 Å². The Bertz CT molecular complexity index is 723. The van der Waals surface area contributed by atoms with Gasteiger partial charge in [0.1, 0.15) is 4.88 Å². The van der Waals surface area contributed by atoms with E-state index in [0.717, 1.165) is 9.75 Å². The number of carbonyl (C=O) groups excluding carboxylic acids is 1. The first-order valence-corrected chi connectivity index (χ1v) is 7.31. The van der Waals surface area contributed by atoms with Gasteiger partial charge in [-0.25, -0.2) is 4.79 Å². The van der Waals surface area contributed by atoms with E-state index >= 15 is 0 Å². The Morgan fingerprint density at radius 3 is 2.45 bits per heavy atom. The largest absolute Gasteiger partial charge is 0.492 e. The van der Waals surface area contributed by atoms with Gasteiger partial charge in [0.2, 0.25) is 11.8 Å². The number of aromatic hydroxyl groups is 2. The summed E-state index contributed by atoms with van der Waals surface area (Å²) in [6, 6.07) is 9.85. The third-order valence-electron chi connectivity index (χ3n) is 2.54. The van der Waals surface area contributed by atoms with Crippen LogP contribution in [-0.2, 0) is 0 Å². The molecule has 0 unspecified atom stereocenters. The lowest BCUT2D eigenvalue weighted by Crippen LogP contribution is -2.17. The fraction of sp³-hybridized carbons (Fsp3) is 0. The maximum Gasteiger partial charge on any atom is 0.373 e. The molecular weight excluding hydrogens is 298 g/mol. The molecule has 0 aliphatic heterocycles. The van der Waals surface area contributed by atoms with Gasteiger partial charge >= 0.3 is 5.97 Å². The van der Waals surface area contributed by atoms with Crippen LogP contribution in [0.1, 0.15) is 9.67 Å². The summed E-state index contributed by atoms with van der Waals surface area (Å²) in [5, 5.41) is 20.8.